The van der Waals surface area contributed by atoms with Gasteiger partial charge in [-0.15, -0.1) is 23.2 Å². The Morgan fingerprint density at radius 1 is 1.00 bits per heavy atom. The van der Waals surface area contributed by atoms with Crippen molar-refractivity contribution in [3.63, 3.8) is 0 Å². The van der Waals surface area contributed by atoms with Gasteiger partial charge >= 0.3 is 0 Å². The molecular formula is C11H14Cl2N. The van der Waals surface area contributed by atoms with E-state index in [1.165, 1.54) is 0 Å². The maximum Gasteiger partial charge on any atom is 0.0399 e. The fraction of sp³-hybridized carbons (Fsp3) is 0.364. The van der Waals surface area contributed by atoms with E-state index in [1.54, 1.807) is 0 Å². The molecule has 0 spiro atoms. The summed E-state index contributed by atoms with van der Waals surface area (Å²) in [4.78, 5) is 2.17. The third-order valence-electron chi connectivity index (χ3n) is 2.01. The minimum atomic E-state index is 0.614. The Bertz CT molecular complexity index is 252. The lowest BCUT2D eigenvalue weighted by molar-refractivity contribution is 0.874. The highest BCUT2D eigenvalue weighted by atomic mass is 35.5. The van der Waals surface area contributed by atoms with Crippen LogP contribution in [-0.2, 0) is 0 Å². The Morgan fingerprint density at radius 2 is 1.50 bits per heavy atom. The Kier molecular flexibility index (Phi) is 5.13. The van der Waals surface area contributed by atoms with Crippen molar-refractivity contribution in [3.05, 3.63) is 36.8 Å². The normalized spacial score (nSPS) is 10.2. The molecular weight excluding hydrogens is 217 g/mol. The highest BCUT2D eigenvalue weighted by Crippen LogP contribution is 2.14. The van der Waals surface area contributed by atoms with Crippen molar-refractivity contribution in [1.29, 1.82) is 0 Å². The molecule has 3 heteroatoms. The second-order valence-electron chi connectivity index (χ2n) is 3.03. The van der Waals surface area contributed by atoms with E-state index in [9.17, 15) is 0 Å². The predicted molar refractivity (Wildman–Crippen MR) is 64.6 cm³/mol. The van der Waals surface area contributed by atoms with E-state index < -0.39 is 0 Å². The summed E-state index contributed by atoms with van der Waals surface area (Å²) in [6.45, 7) is 5.49. The molecule has 0 saturated heterocycles. The maximum atomic E-state index is 5.72. The maximum absolute atomic E-state index is 5.72. The molecule has 1 rings (SSSR count). The minimum absolute atomic E-state index is 0.614. The van der Waals surface area contributed by atoms with Crippen LogP contribution in [0.2, 0.25) is 0 Å². The molecule has 0 heterocycles. The van der Waals surface area contributed by atoms with E-state index >= 15 is 0 Å². The second kappa shape index (κ2) is 6.15. The van der Waals surface area contributed by atoms with E-state index in [0.29, 0.717) is 11.8 Å². The van der Waals surface area contributed by atoms with Gasteiger partial charge in [0.05, 0.1) is 0 Å². The first-order chi connectivity index (χ1) is 6.77. The lowest BCUT2D eigenvalue weighted by Gasteiger charge is -2.22. The largest absolute Gasteiger partial charge is 0.369 e. The van der Waals surface area contributed by atoms with Crippen molar-refractivity contribution >= 4 is 28.9 Å². The lowest BCUT2D eigenvalue weighted by atomic mass is 10.2. The Morgan fingerprint density at radius 3 is 1.93 bits per heavy atom. The van der Waals surface area contributed by atoms with Crippen LogP contribution in [0.5, 0.6) is 0 Å². The van der Waals surface area contributed by atoms with E-state index in [4.69, 9.17) is 23.2 Å². The molecule has 0 aliphatic rings. The molecule has 1 nitrogen and oxygen atoms in total. The minimum Gasteiger partial charge on any atom is -0.369 e. The molecule has 1 aromatic carbocycles. The van der Waals surface area contributed by atoms with Gasteiger partial charge < -0.3 is 4.90 Å². The molecule has 0 amide bonds. The topological polar surface area (TPSA) is 3.24 Å². The molecule has 0 saturated carbocycles. The van der Waals surface area contributed by atoms with Gasteiger partial charge in [0.1, 0.15) is 0 Å². The Balaban J connectivity index is 2.71. The summed E-state index contributed by atoms with van der Waals surface area (Å²) >= 11 is 11.4. The summed E-state index contributed by atoms with van der Waals surface area (Å²) in [6, 6.07) is 8.07. The monoisotopic (exact) mass is 230 g/mol. The molecule has 0 fully saturated rings. The van der Waals surface area contributed by atoms with Gasteiger partial charge in [-0.05, 0) is 24.6 Å². The number of benzene rings is 1. The van der Waals surface area contributed by atoms with Crippen LogP contribution in [0, 0.1) is 6.92 Å². The Hall–Kier alpha value is -0.400. The molecule has 1 radical (unpaired) electrons. The van der Waals surface area contributed by atoms with Gasteiger partial charge in [0.15, 0.2) is 0 Å². The van der Waals surface area contributed by atoms with Gasteiger partial charge in [0.25, 0.3) is 0 Å². The number of anilines is 1. The van der Waals surface area contributed by atoms with Crippen molar-refractivity contribution in [3.8, 4) is 0 Å². The lowest BCUT2D eigenvalue weighted by Crippen LogP contribution is -2.27. The summed E-state index contributed by atoms with van der Waals surface area (Å²) < 4.78 is 0. The van der Waals surface area contributed by atoms with Crippen molar-refractivity contribution in [2.45, 2.75) is 0 Å². The molecule has 14 heavy (non-hydrogen) atoms. The van der Waals surface area contributed by atoms with Crippen LogP contribution >= 0.6 is 23.2 Å². The summed E-state index contributed by atoms with van der Waals surface area (Å²) in [5, 5.41) is 0. The van der Waals surface area contributed by atoms with Crippen LogP contribution in [0.4, 0.5) is 5.69 Å². The first kappa shape index (κ1) is 11.7. The number of hydrogen-bond donors (Lipinski definition) is 0. The number of rotatable bonds is 5. The quantitative estimate of drug-likeness (QED) is 0.703. The summed E-state index contributed by atoms with van der Waals surface area (Å²) in [7, 11) is 0. The number of hydrogen-bond acceptors (Lipinski definition) is 1. The zero-order chi connectivity index (χ0) is 10.4. The molecule has 77 valence electrons. The smallest absolute Gasteiger partial charge is 0.0399 e. The molecule has 0 atom stereocenters. The third-order valence-corrected chi connectivity index (χ3v) is 2.35. The molecule has 0 aromatic heterocycles. The zero-order valence-electron chi connectivity index (χ0n) is 8.05. The molecule has 1 aromatic rings. The average molecular weight is 231 g/mol. The summed E-state index contributed by atoms with van der Waals surface area (Å²) in [6.07, 6.45) is 0. The standard InChI is InChI=1S/C11H14Cl2N/c1-10-2-4-11(5-3-10)14(8-6-12)9-7-13/h2-5H,1,6-9H2. The second-order valence-corrected chi connectivity index (χ2v) is 3.79. The summed E-state index contributed by atoms with van der Waals surface area (Å²) in [5.74, 6) is 1.23. The van der Waals surface area contributed by atoms with Gasteiger partial charge in [0, 0.05) is 30.5 Å². The molecule has 0 aliphatic carbocycles. The fourth-order valence-corrected chi connectivity index (χ4v) is 1.69. The highest BCUT2D eigenvalue weighted by molar-refractivity contribution is 6.18. The summed E-state index contributed by atoms with van der Waals surface area (Å²) in [5.41, 5.74) is 2.17. The number of alkyl halides is 2. The fourth-order valence-electron chi connectivity index (χ4n) is 1.28. The van der Waals surface area contributed by atoms with E-state index in [0.717, 1.165) is 24.3 Å². The van der Waals surface area contributed by atoms with Crippen LogP contribution in [0.25, 0.3) is 0 Å². The van der Waals surface area contributed by atoms with Crippen LogP contribution in [0.1, 0.15) is 5.56 Å². The van der Waals surface area contributed by atoms with Crippen LogP contribution < -0.4 is 4.90 Å². The van der Waals surface area contributed by atoms with Crippen molar-refractivity contribution in [2.24, 2.45) is 0 Å². The molecule has 0 unspecified atom stereocenters. The van der Waals surface area contributed by atoms with Crippen molar-refractivity contribution in [2.75, 3.05) is 29.7 Å². The van der Waals surface area contributed by atoms with Crippen LogP contribution in [0.3, 0.4) is 0 Å². The average Bonchev–Trinajstić information content (AvgIpc) is 2.19. The third kappa shape index (κ3) is 3.39. The predicted octanol–water partition coefficient (Wildman–Crippen LogP) is 3.15. The van der Waals surface area contributed by atoms with E-state index in [2.05, 4.69) is 11.8 Å². The van der Waals surface area contributed by atoms with Crippen molar-refractivity contribution < 1.29 is 0 Å². The van der Waals surface area contributed by atoms with Gasteiger partial charge in [-0.25, -0.2) is 0 Å². The molecule has 0 N–H and O–H groups in total. The van der Waals surface area contributed by atoms with Crippen LogP contribution in [-0.4, -0.2) is 24.8 Å². The van der Waals surface area contributed by atoms with Crippen LogP contribution in [0.15, 0.2) is 24.3 Å². The van der Waals surface area contributed by atoms with Crippen molar-refractivity contribution in [1.82, 2.24) is 0 Å². The van der Waals surface area contributed by atoms with Gasteiger partial charge in [-0.1, -0.05) is 12.1 Å². The van der Waals surface area contributed by atoms with Gasteiger partial charge in [-0.3, -0.25) is 0 Å². The number of halogens is 2. The van der Waals surface area contributed by atoms with Gasteiger partial charge in [-0.2, -0.15) is 0 Å². The SMILES string of the molecule is [CH2]c1ccc(N(CCCl)CCCl)cc1. The molecule has 0 aliphatic heterocycles. The van der Waals surface area contributed by atoms with E-state index in [-0.39, 0.29) is 0 Å². The first-order valence-corrected chi connectivity index (χ1v) is 5.63. The molecule has 0 bridgehead atoms. The first-order valence-electron chi connectivity index (χ1n) is 4.57. The number of nitrogens with zero attached hydrogens (tertiary/aromatic N) is 1. The van der Waals surface area contributed by atoms with E-state index in [1.807, 2.05) is 24.3 Å². The highest BCUT2D eigenvalue weighted by Gasteiger charge is 2.03. The Labute approximate surface area is 95.6 Å². The zero-order valence-corrected chi connectivity index (χ0v) is 9.56. The van der Waals surface area contributed by atoms with Gasteiger partial charge in [0.2, 0.25) is 0 Å².